The van der Waals surface area contributed by atoms with Gasteiger partial charge in [0.1, 0.15) is 0 Å². The maximum Gasteiger partial charge on any atom is 0.0772 e. The Kier molecular flexibility index (Phi) is 5.86. The number of anilines is 1. The van der Waals surface area contributed by atoms with Crippen molar-refractivity contribution < 1.29 is 5.11 Å². The van der Waals surface area contributed by atoms with E-state index in [9.17, 15) is 0 Å². The summed E-state index contributed by atoms with van der Waals surface area (Å²) < 4.78 is 0. The van der Waals surface area contributed by atoms with Crippen LogP contribution in [0, 0.1) is 18.8 Å². The number of rotatable bonds is 5. The molecule has 2 nitrogen and oxygen atoms in total. The molecule has 1 aromatic carbocycles. The van der Waals surface area contributed by atoms with E-state index in [4.69, 9.17) is 5.11 Å². The molecule has 0 radical (unpaired) electrons. The second kappa shape index (κ2) is 7.87. The van der Waals surface area contributed by atoms with E-state index in [0.717, 1.165) is 18.0 Å². The fourth-order valence-electron chi connectivity index (χ4n) is 2.13. The van der Waals surface area contributed by atoms with Crippen molar-refractivity contribution >= 4 is 17.0 Å². The first kappa shape index (κ1) is 15.6. The van der Waals surface area contributed by atoms with Crippen LogP contribution in [0.15, 0.2) is 36.4 Å². The Hall–Kier alpha value is -1.76. The minimum atomic E-state index is 0.127. The van der Waals surface area contributed by atoms with E-state index >= 15 is 0 Å². The smallest absolute Gasteiger partial charge is 0.0772 e. The SMILES string of the molecule is CCN(Cc1ccc(C#CCCO)s1)c1cccc(C)c1. The third-order valence-electron chi connectivity index (χ3n) is 3.21. The van der Waals surface area contributed by atoms with Crippen molar-refractivity contribution in [3.05, 3.63) is 51.7 Å². The lowest BCUT2D eigenvalue weighted by molar-refractivity contribution is 0.305. The van der Waals surface area contributed by atoms with Gasteiger partial charge in [-0.15, -0.1) is 11.3 Å². The Morgan fingerprint density at radius 2 is 2.10 bits per heavy atom. The number of aryl methyl sites for hydroxylation is 1. The van der Waals surface area contributed by atoms with Gasteiger partial charge in [0.05, 0.1) is 18.0 Å². The van der Waals surface area contributed by atoms with Gasteiger partial charge < -0.3 is 10.0 Å². The van der Waals surface area contributed by atoms with Gasteiger partial charge in [0.15, 0.2) is 0 Å². The van der Waals surface area contributed by atoms with Gasteiger partial charge in [0.2, 0.25) is 0 Å². The zero-order valence-corrected chi connectivity index (χ0v) is 13.4. The summed E-state index contributed by atoms with van der Waals surface area (Å²) >= 11 is 1.73. The third kappa shape index (κ3) is 4.63. The highest BCUT2D eigenvalue weighted by Gasteiger charge is 2.07. The molecule has 0 unspecified atom stereocenters. The lowest BCUT2D eigenvalue weighted by Gasteiger charge is -2.22. The molecule has 1 heterocycles. The zero-order chi connectivity index (χ0) is 15.1. The Bertz CT molecular complexity index is 636. The highest BCUT2D eigenvalue weighted by atomic mass is 32.1. The minimum Gasteiger partial charge on any atom is -0.395 e. The largest absolute Gasteiger partial charge is 0.395 e. The first-order valence-electron chi connectivity index (χ1n) is 7.23. The molecular weight excluding hydrogens is 278 g/mol. The van der Waals surface area contributed by atoms with Crippen LogP contribution in [0.25, 0.3) is 0 Å². The topological polar surface area (TPSA) is 23.5 Å². The average molecular weight is 299 g/mol. The molecule has 0 saturated heterocycles. The molecule has 2 rings (SSSR count). The van der Waals surface area contributed by atoms with Crippen LogP contribution in [0.1, 0.15) is 28.7 Å². The second-order valence-electron chi connectivity index (χ2n) is 4.89. The van der Waals surface area contributed by atoms with Crippen molar-refractivity contribution in [3.63, 3.8) is 0 Å². The Morgan fingerprint density at radius 1 is 1.24 bits per heavy atom. The van der Waals surface area contributed by atoms with E-state index in [-0.39, 0.29) is 6.61 Å². The normalized spacial score (nSPS) is 10.0. The van der Waals surface area contributed by atoms with Crippen LogP contribution >= 0.6 is 11.3 Å². The monoisotopic (exact) mass is 299 g/mol. The zero-order valence-electron chi connectivity index (χ0n) is 12.6. The van der Waals surface area contributed by atoms with Crippen LogP contribution in [0.5, 0.6) is 0 Å². The van der Waals surface area contributed by atoms with Crippen molar-refractivity contribution in [2.45, 2.75) is 26.8 Å². The van der Waals surface area contributed by atoms with Crippen molar-refractivity contribution in [3.8, 4) is 11.8 Å². The van der Waals surface area contributed by atoms with Crippen molar-refractivity contribution in [2.24, 2.45) is 0 Å². The molecule has 0 amide bonds. The van der Waals surface area contributed by atoms with Crippen LogP contribution in [-0.4, -0.2) is 18.3 Å². The molecule has 3 heteroatoms. The van der Waals surface area contributed by atoms with E-state index < -0.39 is 0 Å². The fourth-order valence-corrected chi connectivity index (χ4v) is 3.03. The van der Waals surface area contributed by atoms with Gasteiger partial charge in [-0.05, 0) is 43.7 Å². The number of benzene rings is 1. The highest BCUT2D eigenvalue weighted by Crippen LogP contribution is 2.22. The molecule has 110 valence electrons. The molecule has 21 heavy (non-hydrogen) atoms. The van der Waals surface area contributed by atoms with E-state index in [1.807, 2.05) is 0 Å². The van der Waals surface area contributed by atoms with Gasteiger partial charge >= 0.3 is 0 Å². The summed E-state index contributed by atoms with van der Waals surface area (Å²) in [6.07, 6.45) is 0.539. The number of nitrogens with zero attached hydrogens (tertiary/aromatic N) is 1. The average Bonchev–Trinajstić information content (AvgIpc) is 2.92. The Labute approximate surface area is 131 Å². The van der Waals surface area contributed by atoms with Gasteiger partial charge in [0.25, 0.3) is 0 Å². The summed E-state index contributed by atoms with van der Waals surface area (Å²) in [6, 6.07) is 12.8. The van der Waals surface area contributed by atoms with Crippen molar-refractivity contribution in [1.29, 1.82) is 0 Å². The van der Waals surface area contributed by atoms with Crippen LogP contribution < -0.4 is 4.90 Å². The standard InChI is InChI=1S/C18H21NOS/c1-3-19(16-8-6-7-15(2)13-16)14-18-11-10-17(21-18)9-4-5-12-20/h6-8,10-11,13,20H,3,5,12,14H2,1-2H3. The first-order valence-corrected chi connectivity index (χ1v) is 8.04. The summed E-state index contributed by atoms with van der Waals surface area (Å²) in [5.41, 5.74) is 2.55. The number of aliphatic hydroxyl groups is 1. The number of hydrogen-bond acceptors (Lipinski definition) is 3. The minimum absolute atomic E-state index is 0.127. The lowest BCUT2D eigenvalue weighted by atomic mass is 10.2. The van der Waals surface area contributed by atoms with Crippen LogP contribution in [0.2, 0.25) is 0 Å². The molecule has 0 saturated carbocycles. The quantitative estimate of drug-likeness (QED) is 0.849. The predicted molar refractivity (Wildman–Crippen MR) is 90.8 cm³/mol. The van der Waals surface area contributed by atoms with Gasteiger partial charge in [-0.25, -0.2) is 0 Å². The van der Waals surface area contributed by atoms with Crippen molar-refractivity contribution in [1.82, 2.24) is 0 Å². The summed E-state index contributed by atoms with van der Waals surface area (Å²) in [6.45, 7) is 6.32. The maximum absolute atomic E-state index is 8.74. The number of hydrogen-bond donors (Lipinski definition) is 1. The number of aliphatic hydroxyl groups excluding tert-OH is 1. The Morgan fingerprint density at radius 3 is 2.81 bits per heavy atom. The Balaban J connectivity index is 2.07. The molecule has 0 aliphatic heterocycles. The number of thiophene rings is 1. The molecule has 0 atom stereocenters. The van der Waals surface area contributed by atoms with Gasteiger partial charge in [0, 0.05) is 23.5 Å². The third-order valence-corrected chi connectivity index (χ3v) is 4.19. The molecule has 2 aromatic rings. The summed E-state index contributed by atoms with van der Waals surface area (Å²) in [7, 11) is 0. The van der Waals surface area contributed by atoms with Gasteiger partial charge in [-0.3, -0.25) is 0 Å². The highest BCUT2D eigenvalue weighted by molar-refractivity contribution is 7.12. The lowest BCUT2D eigenvalue weighted by Crippen LogP contribution is -2.21. The first-order chi connectivity index (χ1) is 10.2. The molecule has 1 N–H and O–H groups in total. The van der Waals surface area contributed by atoms with Crippen LogP contribution in [0.4, 0.5) is 5.69 Å². The van der Waals surface area contributed by atoms with Crippen molar-refractivity contribution in [2.75, 3.05) is 18.1 Å². The maximum atomic E-state index is 8.74. The van der Waals surface area contributed by atoms with E-state index in [2.05, 4.69) is 67.0 Å². The molecule has 0 aliphatic carbocycles. The molecule has 0 bridgehead atoms. The van der Waals surface area contributed by atoms with Gasteiger partial charge in [-0.2, -0.15) is 0 Å². The van der Waals surface area contributed by atoms with Crippen LogP contribution in [-0.2, 0) is 6.54 Å². The predicted octanol–water partition coefficient (Wildman–Crippen LogP) is 3.82. The van der Waals surface area contributed by atoms with E-state index in [1.165, 1.54) is 16.1 Å². The molecular formula is C18H21NOS. The fraction of sp³-hybridized carbons (Fsp3) is 0.333. The summed E-state index contributed by atoms with van der Waals surface area (Å²) in [4.78, 5) is 4.74. The van der Waals surface area contributed by atoms with Gasteiger partial charge in [-0.1, -0.05) is 24.0 Å². The second-order valence-corrected chi connectivity index (χ2v) is 6.06. The van der Waals surface area contributed by atoms with E-state index in [0.29, 0.717) is 6.42 Å². The van der Waals surface area contributed by atoms with Crippen LogP contribution in [0.3, 0.4) is 0 Å². The molecule has 0 fully saturated rings. The molecule has 0 spiro atoms. The summed E-state index contributed by atoms with van der Waals surface area (Å²) in [5.74, 6) is 6.06. The molecule has 1 aromatic heterocycles. The van der Waals surface area contributed by atoms with E-state index in [1.54, 1.807) is 11.3 Å². The molecule has 0 aliphatic rings. The summed E-state index contributed by atoms with van der Waals surface area (Å²) in [5, 5.41) is 8.74.